The van der Waals surface area contributed by atoms with Crippen molar-refractivity contribution in [3.05, 3.63) is 0 Å². The van der Waals surface area contributed by atoms with Gasteiger partial charge in [-0.1, -0.05) is 0 Å². The van der Waals surface area contributed by atoms with Crippen molar-refractivity contribution in [3.63, 3.8) is 0 Å². The molecule has 0 unspecified atom stereocenters. The summed E-state index contributed by atoms with van der Waals surface area (Å²) in [6.45, 7) is 0. The van der Waals surface area contributed by atoms with Gasteiger partial charge in [-0.15, -0.1) is 0 Å². The second-order valence-corrected chi connectivity index (χ2v) is 7.21. The summed E-state index contributed by atoms with van der Waals surface area (Å²) in [6.07, 6.45) is -0.563. The predicted molar refractivity (Wildman–Crippen MR) is 91.2 cm³/mol. The summed E-state index contributed by atoms with van der Waals surface area (Å²) in [7, 11) is 0. The first-order valence-corrected chi connectivity index (χ1v) is 8.95. The van der Waals surface area contributed by atoms with Gasteiger partial charge >= 0.3 is 23.9 Å². The van der Waals surface area contributed by atoms with Crippen molar-refractivity contribution in [2.24, 2.45) is 10.8 Å². The highest BCUT2D eigenvalue weighted by Gasteiger charge is 2.56. The summed E-state index contributed by atoms with van der Waals surface area (Å²) < 4.78 is 0. The van der Waals surface area contributed by atoms with Gasteiger partial charge in [0.25, 0.3) is 0 Å². The Morgan fingerprint density at radius 1 is 0.704 bits per heavy atom. The van der Waals surface area contributed by atoms with E-state index in [0.29, 0.717) is 12.8 Å². The highest BCUT2D eigenvalue weighted by molar-refractivity contribution is 5.88. The number of ketones is 1. The first kappa shape index (κ1) is 22.6. The number of hydrogen-bond donors (Lipinski definition) is 4. The second-order valence-electron chi connectivity index (χ2n) is 7.21. The van der Waals surface area contributed by atoms with E-state index in [1.165, 1.54) is 0 Å². The van der Waals surface area contributed by atoms with Gasteiger partial charge < -0.3 is 20.4 Å². The molecule has 1 aliphatic carbocycles. The summed E-state index contributed by atoms with van der Waals surface area (Å²) in [6, 6.07) is 0. The van der Waals surface area contributed by atoms with Gasteiger partial charge in [0.05, 0.1) is 0 Å². The third kappa shape index (κ3) is 5.77. The average Bonchev–Trinajstić information content (AvgIpc) is 2.56. The van der Waals surface area contributed by atoms with Crippen LogP contribution in [0.5, 0.6) is 0 Å². The van der Waals surface area contributed by atoms with Crippen LogP contribution >= 0.6 is 0 Å². The molecule has 0 atom stereocenters. The quantitative estimate of drug-likeness (QED) is 0.393. The molecule has 0 saturated heterocycles. The second kappa shape index (κ2) is 9.48. The van der Waals surface area contributed by atoms with E-state index in [0.717, 1.165) is 0 Å². The van der Waals surface area contributed by atoms with E-state index >= 15 is 0 Å². The van der Waals surface area contributed by atoms with Gasteiger partial charge in [0.2, 0.25) is 0 Å². The molecule has 1 fully saturated rings. The molecule has 1 rings (SSSR count). The van der Waals surface area contributed by atoms with Crippen LogP contribution in [0.1, 0.15) is 70.6 Å². The molecule has 0 amide bonds. The van der Waals surface area contributed by atoms with Gasteiger partial charge in [0, 0.05) is 37.5 Å². The van der Waals surface area contributed by atoms with Crippen LogP contribution in [-0.2, 0) is 24.0 Å². The fourth-order valence-electron chi connectivity index (χ4n) is 4.48. The molecule has 0 aliphatic heterocycles. The molecule has 1 aliphatic rings. The molecule has 0 aromatic rings. The van der Waals surface area contributed by atoms with Crippen LogP contribution in [0.15, 0.2) is 0 Å². The predicted octanol–water partition coefficient (Wildman–Crippen LogP) is 2.17. The molecule has 152 valence electrons. The molecule has 0 aromatic heterocycles. The number of carbonyl (C=O) groups is 5. The molecule has 0 radical (unpaired) electrons. The normalized spacial score (nSPS) is 18.0. The number of carboxylic acid groups (broad SMARTS) is 4. The van der Waals surface area contributed by atoms with Crippen LogP contribution in [0.3, 0.4) is 0 Å². The molecule has 9 nitrogen and oxygen atoms in total. The van der Waals surface area contributed by atoms with Crippen LogP contribution in [0.4, 0.5) is 0 Å². The number of hydrogen-bond acceptors (Lipinski definition) is 5. The van der Waals surface area contributed by atoms with Gasteiger partial charge in [-0.05, 0) is 43.9 Å². The highest BCUT2D eigenvalue weighted by Crippen LogP contribution is 2.59. The summed E-state index contributed by atoms with van der Waals surface area (Å²) in [5, 5.41) is 36.5. The maximum absolute atomic E-state index is 13.0. The Hall–Kier alpha value is -2.45. The lowest BCUT2D eigenvalue weighted by molar-refractivity contribution is -0.156. The Labute approximate surface area is 156 Å². The standard InChI is InChI=1S/C18H26O9/c19-12-2-1-7-17(8-3-13(20)21,9-4-14(22)23)18(12,10-5-15(24)25)11-6-16(26)27/h1-11H2,(H,20,21)(H,22,23)(H,24,25)(H,26,27). The average molecular weight is 386 g/mol. The number of Topliss-reactive ketones (excluding diaryl/α,β-unsaturated/α-hetero) is 1. The third-order valence-corrected chi connectivity index (χ3v) is 5.77. The van der Waals surface area contributed by atoms with E-state index in [-0.39, 0.29) is 63.6 Å². The lowest BCUT2D eigenvalue weighted by Gasteiger charge is -2.53. The van der Waals surface area contributed by atoms with Crippen molar-refractivity contribution in [2.45, 2.75) is 70.6 Å². The minimum atomic E-state index is -1.34. The van der Waals surface area contributed by atoms with E-state index in [2.05, 4.69) is 0 Å². The Morgan fingerprint density at radius 3 is 1.44 bits per heavy atom. The first-order chi connectivity index (χ1) is 12.5. The van der Waals surface area contributed by atoms with Gasteiger partial charge in [-0.2, -0.15) is 0 Å². The van der Waals surface area contributed by atoms with E-state index < -0.39 is 34.7 Å². The van der Waals surface area contributed by atoms with Crippen molar-refractivity contribution in [2.75, 3.05) is 0 Å². The summed E-state index contributed by atoms with van der Waals surface area (Å²) in [4.78, 5) is 57.6. The van der Waals surface area contributed by atoms with Crippen LogP contribution in [0.25, 0.3) is 0 Å². The van der Waals surface area contributed by atoms with Crippen molar-refractivity contribution in [1.29, 1.82) is 0 Å². The molecule has 0 bridgehead atoms. The van der Waals surface area contributed by atoms with Crippen molar-refractivity contribution < 1.29 is 44.4 Å². The van der Waals surface area contributed by atoms with Gasteiger partial charge in [0.15, 0.2) is 0 Å². The maximum atomic E-state index is 13.0. The summed E-state index contributed by atoms with van der Waals surface area (Å²) >= 11 is 0. The minimum Gasteiger partial charge on any atom is -0.481 e. The molecule has 9 heteroatoms. The van der Waals surface area contributed by atoms with Crippen LogP contribution < -0.4 is 0 Å². The number of rotatable bonds is 12. The van der Waals surface area contributed by atoms with Gasteiger partial charge in [-0.25, -0.2) is 0 Å². The van der Waals surface area contributed by atoms with E-state index in [1.807, 2.05) is 0 Å². The van der Waals surface area contributed by atoms with Crippen LogP contribution in [0, 0.1) is 10.8 Å². The molecule has 0 heterocycles. The number of carbonyl (C=O) groups excluding carboxylic acids is 1. The van der Waals surface area contributed by atoms with Crippen LogP contribution in [0.2, 0.25) is 0 Å². The molecule has 27 heavy (non-hydrogen) atoms. The molecule has 1 saturated carbocycles. The number of aliphatic carboxylic acids is 4. The molecular formula is C18H26O9. The van der Waals surface area contributed by atoms with Gasteiger partial charge in [-0.3, -0.25) is 24.0 Å². The van der Waals surface area contributed by atoms with Crippen molar-refractivity contribution in [3.8, 4) is 0 Å². The molecule has 0 spiro atoms. The first-order valence-electron chi connectivity index (χ1n) is 8.95. The largest absolute Gasteiger partial charge is 0.481 e. The molecular weight excluding hydrogens is 360 g/mol. The van der Waals surface area contributed by atoms with E-state index in [1.54, 1.807) is 0 Å². The zero-order chi connectivity index (χ0) is 20.7. The highest BCUT2D eigenvalue weighted by atomic mass is 16.4. The SMILES string of the molecule is O=C(O)CCC1(CCC(=O)O)CCCC(=O)C1(CCC(=O)O)CCC(=O)O. The zero-order valence-electron chi connectivity index (χ0n) is 15.1. The topological polar surface area (TPSA) is 166 Å². The smallest absolute Gasteiger partial charge is 0.303 e. The maximum Gasteiger partial charge on any atom is 0.303 e. The Balaban J connectivity index is 3.41. The van der Waals surface area contributed by atoms with E-state index in [4.69, 9.17) is 20.4 Å². The minimum absolute atomic E-state index is 0.0145. The van der Waals surface area contributed by atoms with Crippen molar-refractivity contribution >= 4 is 29.7 Å². The zero-order valence-corrected chi connectivity index (χ0v) is 15.1. The molecule has 4 N–H and O–H groups in total. The molecule has 0 aromatic carbocycles. The van der Waals surface area contributed by atoms with Gasteiger partial charge in [0.1, 0.15) is 5.78 Å². The summed E-state index contributed by atoms with van der Waals surface area (Å²) in [5.74, 6) is -4.78. The number of carboxylic acids is 4. The monoisotopic (exact) mass is 386 g/mol. The Morgan fingerprint density at radius 2 is 1.07 bits per heavy atom. The fraction of sp³-hybridized carbons (Fsp3) is 0.722. The fourth-order valence-corrected chi connectivity index (χ4v) is 4.48. The lowest BCUT2D eigenvalue weighted by Crippen LogP contribution is -2.52. The van der Waals surface area contributed by atoms with Crippen LogP contribution in [-0.4, -0.2) is 50.1 Å². The summed E-state index contributed by atoms with van der Waals surface area (Å²) in [5.41, 5.74) is -2.38. The van der Waals surface area contributed by atoms with E-state index in [9.17, 15) is 24.0 Å². The Kier molecular flexibility index (Phi) is 7.93. The third-order valence-electron chi connectivity index (χ3n) is 5.77. The Bertz CT molecular complexity index is 572. The lowest BCUT2D eigenvalue weighted by atomic mass is 9.49. The van der Waals surface area contributed by atoms with Crippen molar-refractivity contribution in [1.82, 2.24) is 0 Å².